The number of aromatic nitrogens is 5. The molecule has 4 rings (SSSR count). The van der Waals surface area contributed by atoms with E-state index in [4.69, 9.17) is 10.4 Å². The van der Waals surface area contributed by atoms with Crippen LogP contribution in [0, 0.1) is 12.3 Å². The van der Waals surface area contributed by atoms with Crippen LogP contribution in [0.1, 0.15) is 50.0 Å². The normalized spacial score (nSPS) is 19.8. The van der Waals surface area contributed by atoms with Gasteiger partial charge in [0.05, 0.1) is 5.69 Å². The summed E-state index contributed by atoms with van der Waals surface area (Å²) < 4.78 is 1.72. The fourth-order valence-electron chi connectivity index (χ4n) is 4.96. The molecule has 2 aromatic heterocycles. The zero-order chi connectivity index (χ0) is 28.9. The lowest BCUT2D eigenvalue weighted by Gasteiger charge is -2.20. The molecule has 212 valence electrons. The summed E-state index contributed by atoms with van der Waals surface area (Å²) in [6, 6.07) is 1.93. The molecule has 1 atom stereocenters. The van der Waals surface area contributed by atoms with Crippen LogP contribution in [0.15, 0.2) is 113 Å². The van der Waals surface area contributed by atoms with Gasteiger partial charge in [-0.05, 0) is 81.5 Å². The Balaban J connectivity index is 1.47. The summed E-state index contributed by atoms with van der Waals surface area (Å²) in [6.45, 7) is 10.8. The van der Waals surface area contributed by atoms with E-state index in [1.807, 2.05) is 62.7 Å². The smallest absolute Gasteiger partial charge is 0.162 e. The van der Waals surface area contributed by atoms with E-state index in [1.54, 1.807) is 17.1 Å². The second kappa shape index (κ2) is 15.4. The van der Waals surface area contributed by atoms with Crippen LogP contribution in [0.4, 0.5) is 0 Å². The topological polar surface area (TPSA) is 98.8 Å². The van der Waals surface area contributed by atoms with E-state index < -0.39 is 0 Å². The minimum atomic E-state index is 0.458. The predicted molar refractivity (Wildman–Crippen MR) is 169 cm³/mol. The number of nitrogens with one attached hydrogen (secondary N) is 2. The van der Waals surface area contributed by atoms with Gasteiger partial charge < -0.3 is 5.41 Å². The first-order chi connectivity index (χ1) is 20.1. The van der Waals surface area contributed by atoms with Crippen LogP contribution in [-0.2, 0) is 0 Å². The number of hydrogen-bond donors (Lipinski definition) is 2. The number of rotatable bonds is 11. The Labute approximate surface area is 243 Å². The van der Waals surface area contributed by atoms with Crippen molar-refractivity contribution in [2.75, 3.05) is 19.6 Å². The molecule has 0 bridgehead atoms. The van der Waals surface area contributed by atoms with E-state index >= 15 is 0 Å². The largest absolute Gasteiger partial charge is 0.308 e. The fraction of sp³-hybridized carbons (Fsp3) is 0.303. The van der Waals surface area contributed by atoms with Crippen LogP contribution in [0.5, 0.6) is 0 Å². The van der Waals surface area contributed by atoms with Gasteiger partial charge in [-0.25, -0.2) is 14.7 Å². The maximum Gasteiger partial charge on any atom is 0.162 e. The molecule has 1 unspecified atom stereocenters. The highest BCUT2D eigenvalue weighted by atomic mass is 15.3. The van der Waals surface area contributed by atoms with Gasteiger partial charge >= 0.3 is 0 Å². The fourth-order valence-corrected chi connectivity index (χ4v) is 4.96. The van der Waals surface area contributed by atoms with E-state index in [-0.39, 0.29) is 0 Å². The molecule has 41 heavy (non-hydrogen) atoms. The van der Waals surface area contributed by atoms with Gasteiger partial charge in [0.2, 0.25) is 0 Å². The number of hydrogen-bond acceptors (Lipinski definition) is 6. The third-order valence-corrected chi connectivity index (χ3v) is 7.08. The zero-order valence-electron chi connectivity index (χ0n) is 24.1. The van der Waals surface area contributed by atoms with Crippen molar-refractivity contribution in [3.8, 4) is 0 Å². The quantitative estimate of drug-likeness (QED) is 0.246. The first-order valence-corrected chi connectivity index (χ1v) is 14.2. The Kier molecular flexibility index (Phi) is 11.1. The molecule has 0 aromatic carbocycles. The number of H-pyrrole nitrogens is 1. The van der Waals surface area contributed by atoms with Crippen molar-refractivity contribution in [2.24, 2.45) is 4.99 Å². The maximum absolute atomic E-state index is 8.11. The molecular formula is C33H40N8. The Bertz CT molecular complexity index is 1420. The number of aryl methyl sites for hydroxylation is 1. The van der Waals surface area contributed by atoms with Crippen molar-refractivity contribution in [1.82, 2.24) is 29.9 Å². The Morgan fingerprint density at radius 3 is 2.83 bits per heavy atom. The Morgan fingerprint density at radius 1 is 1.20 bits per heavy atom. The van der Waals surface area contributed by atoms with E-state index in [0.29, 0.717) is 17.3 Å². The van der Waals surface area contributed by atoms with E-state index in [2.05, 4.69) is 56.1 Å². The van der Waals surface area contributed by atoms with Crippen molar-refractivity contribution in [3.63, 3.8) is 0 Å². The molecule has 1 aliphatic carbocycles. The molecule has 0 radical (unpaired) electrons. The second-order valence-corrected chi connectivity index (χ2v) is 10.1. The van der Waals surface area contributed by atoms with Crippen molar-refractivity contribution in [3.05, 3.63) is 120 Å². The average molecular weight is 549 g/mol. The lowest BCUT2D eigenvalue weighted by Crippen LogP contribution is -2.26. The summed E-state index contributed by atoms with van der Waals surface area (Å²) in [5, 5.41) is 19.8. The number of aromatic amines is 1. The molecule has 8 nitrogen and oxygen atoms in total. The molecule has 1 aliphatic heterocycles. The summed E-state index contributed by atoms with van der Waals surface area (Å²) in [5.74, 6) is 2.06. The van der Waals surface area contributed by atoms with Gasteiger partial charge in [0.1, 0.15) is 12.2 Å². The molecule has 0 amide bonds. The van der Waals surface area contributed by atoms with Crippen LogP contribution in [0.2, 0.25) is 0 Å². The van der Waals surface area contributed by atoms with Crippen LogP contribution < -0.4 is 0 Å². The van der Waals surface area contributed by atoms with Crippen LogP contribution in [0.3, 0.4) is 0 Å². The van der Waals surface area contributed by atoms with Crippen molar-refractivity contribution in [2.45, 2.75) is 45.4 Å². The average Bonchev–Trinajstić information content (AvgIpc) is 3.54. The number of nitrogens with zero attached hydrogens (tertiary/aromatic N) is 6. The van der Waals surface area contributed by atoms with Gasteiger partial charge in [-0.3, -0.25) is 10.00 Å². The molecule has 0 saturated carbocycles. The monoisotopic (exact) mass is 548 g/mol. The summed E-state index contributed by atoms with van der Waals surface area (Å²) in [7, 11) is 0. The first-order valence-electron chi connectivity index (χ1n) is 14.2. The van der Waals surface area contributed by atoms with Crippen LogP contribution in [0.25, 0.3) is 5.82 Å². The highest BCUT2D eigenvalue weighted by Crippen LogP contribution is 2.26. The van der Waals surface area contributed by atoms with Gasteiger partial charge in [-0.2, -0.15) is 10.2 Å². The van der Waals surface area contributed by atoms with E-state index in [1.165, 1.54) is 11.8 Å². The Morgan fingerprint density at radius 2 is 2.10 bits per heavy atom. The SMILES string of the molecule is C=C/C=C(\C=C/C)/C=C/C(C=N)=C(\N=C\C1=CCC=C(CN2CCCC(c3ncn[nH]3)CC2)C=C1)n1ccc(C)n1. The molecule has 2 N–H and O–H groups in total. The summed E-state index contributed by atoms with van der Waals surface area (Å²) in [6.07, 6.45) is 31.1. The van der Waals surface area contributed by atoms with Crippen LogP contribution >= 0.6 is 0 Å². The van der Waals surface area contributed by atoms with Crippen molar-refractivity contribution < 1.29 is 0 Å². The number of allylic oxidation sites excluding steroid dienone is 12. The second-order valence-electron chi connectivity index (χ2n) is 10.1. The van der Waals surface area contributed by atoms with Gasteiger partial charge in [0.15, 0.2) is 5.82 Å². The maximum atomic E-state index is 8.11. The highest BCUT2D eigenvalue weighted by Gasteiger charge is 2.20. The molecule has 3 heterocycles. The first kappa shape index (κ1) is 29.6. The van der Waals surface area contributed by atoms with Gasteiger partial charge in [0, 0.05) is 36.7 Å². The molecule has 8 heteroatoms. The molecular weight excluding hydrogens is 508 g/mol. The summed E-state index contributed by atoms with van der Waals surface area (Å²) in [5.41, 5.74) is 4.84. The summed E-state index contributed by atoms with van der Waals surface area (Å²) >= 11 is 0. The molecule has 2 aromatic rings. The third kappa shape index (κ3) is 8.78. The number of likely N-dealkylation sites (tertiary alicyclic amines) is 1. The summed E-state index contributed by atoms with van der Waals surface area (Å²) in [4.78, 5) is 11.7. The molecule has 1 fully saturated rings. The van der Waals surface area contributed by atoms with Gasteiger partial charge in [-0.15, -0.1) is 0 Å². The van der Waals surface area contributed by atoms with Gasteiger partial charge in [-0.1, -0.05) is 61.3 Å². The standard InChI is InChI=1S/C33H40N8/c1-4-8-27(9-5-2)15-16-31(22-34)33(41-21-17-26(3)39-41)35-23-28-10-6-11-29(14-13-28)24-40-19-7-12-30(18-20-40)32-36-25-37-38-32/h4-5,8-11,13-17,21-23,25,30,34H,1,6-7,12,18-20,24H2,2-3H3,(H,36,37,38)/b9-5-,16-15+,27-8+,33-31-,34-22?,35-23+. The number of aliphatic imine (C=N–C) groups is 1. The lowest BCUT2D eigenvalue weighted by molar-refractivity contribution is 0.309. The minimum absolute atomic E-state index is 0.458. The van der Waals surface area contributed by atoms with Gasteiger partial charge in [0.25, 0.3) is 0 Å². The highest BCUT2D eigenvalue weighted by molar-refractivity contribution is 5.92. The predicted octanol–water partition coefficient (Wildman–Crippen LogP) is 6.53. The van der Waals surface area contributed by atoms with E-state index in [0.717, 1.165) is 68.0 Å². The molecule has 0 spiro atoms. The van der Waals surface area contributed by atoms with Crippen molar-refractivity contribution in [1.29, 1.82) is 5.41 Å². The van der Waals surface area contributed by atoms with Crippen LogP contribution in [-0.4, -0.2) is 61.9 Å². The van der Waals surface area contributed by atoms with E-state index in [9.17, 15) is 0 Å². The minimum Gasteiger partial charge on any atom is -0.308 e. The lowest BCUT2D eigenvalue weighted by atomic mass is 10.0. The molecule has 1 saturated heterocycles. The third-order valence-electron chi connectivity index (χ3n) is 7.08. The molecule has 2 aliphatic rings. The zero-order valence-corrected chi connectivity index (χ0v) is 24.1. The Hall–Kier alpha value is -4.43. The van der Waals surface area contributed by atoms with Crippen molar-refractivity contribution >= 4 is 18.3 Å².